The Balaban J connectivity index is 1.51. The number of thioether (sulfide) groups is 1. The van der Waals surface area contributed by atoms with E-state index in [-0.39, 0.29) is 11.6 Å². The summed E-state index contributed by atoms with van der Waals surface area (Å²) in [5.41, 5.74) is 1.35. The molecule has 4 rings (SSSR count). The number of benzene rings is 2. The molecule has 1 saturated carbocycles. The molecule has 0 unspecified atom stereocenters. The maximum atomic E-state index is 13.8. The number of rotatable bonds is 7. The Labute approximate surface area is 167 Å². The summed E-state index contributed by atoms with van der Waals surface area (Å²) in [4.78, 5) is 12.5. The summed E-state index contributed by atoms with van der Waals surface area (Å²) in [6.45, 7) is 2.46. The van der Waals surface area contributed by atoms with E-state index in [4.69, 9.17) is 0 Å². The van der Waals surface area contributed by atoms with Gasteiger partial charge in [0.25, 0.3) is 0 Å². The molecule has 1 aliphatic rings. The Morgan fingerprint density at radius 3 is 2.61 bits per heavy atom. The van der Waals surface area contributed by atoms with Gasteiger partial charge in [0.1, 0.15) is 11.6 Å². The van der Waals surface area contributed by atoms with E-state index in [1.54, 1.807) is 25.1 Å². The minimum atomic E-state index is -0.448. The molecular formula is C21H21FN4OS. The predicted octanol–water partition coefficient (Wildman–Crippen LogP) is 4.46. The number of hydrogen-bond donors (Lipinski definition) is 1. The summed E-state index contributed by atoms with van der Waals surface area (Å²) in [6, 6.07) is 16.3. The number of aromatic nitrogens is 3. The molecular weight excluding hydrogens is 375 g/mol. The lowest BCUT2D eigenvalue weighted by Gasteiger charge is -2.14. The highest BCUT2D eigenvalue weighted by Crippen LogP contribution is 2.40. The van der Waals surface area contributed by atoms with Crippen molar-refractivity contribution in [2.24, 2.45) is 0 Å². The number of nitrogens with zero attached hydrogens (tertiary/aromatic N) is 3. The fourth-order valence-corrected chi connectivity index (χ4v) is 3.81. The van der Waals surface area contributed by atoms with Crippen molar-refractivity contribution in [3.8, 4) is 0 Å². The number of amides is 1. The van der Waals surface area contributed by atoms with Gasteiger partial charge in [0.15, 0.2) is 5.16 Å². The van der Waals surface area contributed by atoms with E-state index in [0.717, 1.165) is 24.2 Å². The van der Waals surface area contributed by atoms with Crippen LogP contribution in [0.2, 0.25) is 0 Å². The molecule has 0 radical (unpaired) electrons. The lowest BCUT2D eigenvalue weighted by atomic mass is 10.2. The molecule has 1 aliphatic carbocycles. The minimum absolute atomic E-state index is 0.185. The fraction of sp³-hybridized carbons (Fsp3) is 0.286. The molecule has 7 heteroatoms. The highest BCUT2D eigenvalue weighted by Gasteiger charge is 2.31. The van der Waals surface area contributed by atoms with E-state index >= 15 is 0 Å². The van der Waals surface area contributed by atoms with Crippen molar-refractivity contribution in [1.82, 2.24) is 14.8 Å². The summed E-state index contributed by atoms with van der Waals surface area (Å²) in [6.07, 6.45) is 2.25. The topological polar surface area (TPSA) is 59.8 Å². The van der Waals surface area contributed by atoms with Crippen LogP contribution >= 0.6 is 11.8 Å². The Morgan fingerprint density at radius 1 is 1.18 bits per heavy atom. The van der Waals surface area contributed by atoms with Gasteiger partial charge in [0.05, 0.1) is 17.5 Å². The van der Waals surface area contributed by atoms with Gasteiger partial charge in [-0.3, -0.25) is 4.79 Å². The summed E-state index contributed by atoms with van der Waals surface area (Å²) in [7, 11) is 0. The van der Waals surface area contributed by atoms with Crippen molar-refractivity contribution in [2.45, 2.75) is 42.6 Å². The minimum Gasteiger partial charge on any atom is -0.323 e. The number of carbonyl (C=O) groups excluding carboxylic acids is 1. The van der Waals surface area contributed by atoms with Gasteiger partial charge in [0, 0.05) is 5.92 Å². The zero-order valence-corrected chi connectivity index (χ0v) is 16.3. The van der Waals surface area contributed by atoms with E-state index in [9.17, 15) is 9.18 Å². The van der Waals surface area contributed by atoms with Crippen molar-refractivity contribution in [1.29, 1.82) is 0 Å². The number of carbonyl (C=O) groups is 1. The first kappa shape index (κ1) is 18.7. The van der Waals surface area contributed by atoms with E-state index in [1.165, 1.54) is 17.8 Å². The predicted molar refractivity (Wildman–Crippen MR) is 108 cm³/mol. The standard InChI is InChI=1S/C21H21FN4OS/c1-14(20(27)23-18-10-6-5-9-17(18)22)28-21-25-24-19(16-11-12-16)26(21)13-15-7-3-2-4-8-15/h2-10,14,16H,11-13H2,1H3,(H,23,27)/t14-/m0/s1. The first-order valence-electron chi connectivity index (χ1n) is 9.31. The van der Waals surface area contributed by atoms with Gasteiger partial charge in [-0.25, -0.2) is 4.39 Å². The second-order valence-corrected chi connectivity index (χ2v) is 8.22. The molecule has 28 heavy (non-hydrogen) atoms. The monoisotopic (exact) mass is 396 g/mol. The van der Waals surface area contributed by atoms with Crippen LogP contribution in [-0.2, 0) is 11.3 Å². The first-order chi connectivity index (χ1) is 13.6. The van der Waals surface area contributed by atoms with Crippen molar-refractivity contribution in [3.63, 3.8) is 0 Å². The molecule has 1 heterocycles. The van der Waals surface area contributed by atoms with Crippen LogP contribution in [0, 0.1) is 5.82 Å². The van der Waals surface area contributed by atoms with Crippen LogP contribution in [0.25, 0.3) is 0 Å². The molecule has 1 atom stereocenters. The number of hydrogen-bond acceptors (Lipinski definition) is 4. The molecule has 0 aliphatic heterocycles. The second-order valence-electron chi connectivity index (χ2n) is 6.92. The van der Waals surface area contributed by atoms with E-state index in [1.807, 2.05) is 18.2 Å². The van der Waals surface area contributed by atoms with Gasteiger partial charge in [0.2, 0.25) is 5.91 Å². The molecule has 1 N–H and O–H groups in total. The van der Waals surface area contributed by atoms with E-state index < -0.39 is 11.1 Å². The molecule has 3 aromatic rings. The van der Waals surface area contributed by atoms with Gasteiger partial charge in [-0.1, -0.05) is 54.2 Å². The number of nitrogens with one attached hydrogen (secondary N) is 1. The Kier molecular flexibility index (Phi) is 5.43. The maximum absolute atomic E-state index is 13.8. The fourth-order valence-electron chi connectivity index (χ4n) is 2.95. The third-order valence-corrected chi connectivity index (χ3v) is 5.74. The van der Waals surface area contributed by atoms with Gasteiger partial charge in [-0.2, -0.15) is 0 Å². The van der Waals surface area contributed by atoms with Crippen LogP contribution in [0.5, 0.6) is 0 Å². The Hall–Kier alpha value is -2.67. The lowest BCUT2D eigenvalue weighted by Crippen LogP contribution is -2.23. The van der Waals surface area contributed by atoms with Gasteiger partial charge >= 0.3 is 0 Å². The zero-order chi connectivity index (χ0) is 19.5. The number of para-hydroxylation sites is 1. The molecule has 144 valence electrons. The van der Waals surface area contributed by atoms with E-state index in [2.05, 4.69) is 32.2 Å². The van der Waals surface area contributed by atoms with Gasteiger partial charge in [-0.05, 0) is 37.5 Å². The van der Waals surface area contributed by atoms with Crippen molar-refractivity contribution >= 4 is 23.4 Å². The van der Waals surface area contributed by atoms with E-state index in [0.29, 0.717) is 17.6 Å². The first-order valence-corrected chi connectivity index (χ1v) is 10.2. The molecule has 1 aromatic heterocycles. The molecule has 5 nitrogen and oxygen atoms in total. The van der Waals surface area contributed by atoms with Crippen molar-refractivity contribution in [2.75, 3.05) is 5.32 Å². The third kappa shape index (κ3) is 4.25. The quantitative estimate of drug-likeness (QED) is 0.599. The molecule has 1 fully saturated rings. The largest absolute Gasteiger partial charge is 0.323 e. The summed E-state index contributed by atoms with van der Waals surface area (Å²) < 4.78 is 15.9. The third-order valence-electron chi connectivity index (χ3n) is 4.65. The van der Waals surface area contributed by atoms with Crippen molar-refractivity contribution in [3.05, 3.63) is 71.8 Å². The lowest BCUT2D eigenvalue weighted by molar-refractivity contribution is -0.115. The van der Waals surface area contributed by atoms with Crippen LogP contribution in [-0.4, -0.2) is 25.9 Å². The highest BCUT2D eigenvalue weighted by molar-refractivity contribution is 8.00. The normalized spacial score (nSPS) is 14.6. The summed E-state index contributed by atoms with van der Waals surface area (Å²) in [5, 5.41) is 11.6. The second kappa shape index (κ2) is 8.14. The average molecular weight is 396 g/mol. The van der Waals surface area contributed by atoms with Crippen LogP contribution in [0.4, 0.5) is 10.1 Å². The number of halogens is 1. The molecule has 1 amide bonds. The smallest absolute Gasteiger partial charge is 0.237 e. The summed E-state index contributed by atoms with van der Waals surface area (Å²) >= 11 is 1.34. The SMILES string of the molecule is C[C@H](Sc1nnc(C2CC2)n1Cc1ccccc1)C(=O)Nc1ccccc1F. The molecule has 0 spiro atoms. The van der Waals surface area contributed by atoms with Crippen LogP contribution in [0.3, 0.4) is 0 Å². The zero-order valence-electron chi connectivity index (χ0n) is 15.5. The Morgan fingerprint density at radius 2 is 1.89 bits per heavy atom. The van der Waals surface area contributed by atoms with Crippen LogP contribution in [0.1, 0.15) is 37.1 Å². The molecule has 0 saturated heterocycles. The maximum Gasteiger partial charge on any atom is 0.237 e. The highest BCUT2D eigenvalue weighted by atomic mass is 32.2. The number of anilines is 1. The molecule has 0 bridgehead atoms. The summed E-state index contributed by atoms with van der Waals surface area (Å²) in [5.74, 6) is 0.717. The van der Waals surface area contributed by atoms with Gasteiger partial charge < -0.3 is 9.88 Å². The van der Waals surface area contributed by atoms with Gasteiger partial charge in [-0.15, -0.1) is 10.2 Å². The van der Waals surface area contributed by atoms with Crippen LogP contribution < -0.4 is 5.32 Å². The van der Waals surface area contributed by atoms with Crippen LogP contribution in [0.15, 0.2) is 59.8 Å². The Bertz CT molecular complexity index is 972. The average Bonchev–Trinajstić information content (AvgIpc) is 3.47. The molecule has 2 aromatic carbocycles. The van der Waals surface area contributed by atoms with Crippen molar-refractivity contribution < 1.29 is 9.18 Å².